The van der Waals surface area contributed by atoms with Crippen molar-refractivity contribution in [2.24, 2.45) is 5.41 Å². The molecular weight excluding hydrogens is 296 g/mol. The smallest absolute Gasteiger partial charge is 0.311 e. The van der Waals surface area contributed by atoms with Crippen LogP contribution >= 0.6 is 0 Å². The monoisotopic (exact) mass is 314 g/mol. The summed E-state index contributed by atoms with van der Waals surface area (Å²) in [6, 6.07) is 7.71. The first-order valence-corrected chi connectivity index (χ1v) is 7.41. The second-order valence-electron chi connectivity index (χ2n) is 6.23. The molecule has 0 saturated carbocycles. The van der Waals surface area contributed by atoms with Gasteiger partial charge >= 0.3 is 5.97 Å². The Bertz CT molecular complexity index is 770. The van der Waals surface area contributed by atoms with Crippen molar-refractivity contribution in [3.63, 3.8) is 0 Å². The van der Waals surface area contributed by atoms with Crippen molar-refractivity contribution in [3.8, 4) is 5.69 Å². The van der Waals surface area contributed by atoms with Gasteiger partial charge in [0.2, 0.25) is 0 Å². The minimum absolute atomic E-state index is 0.193. The molecule has 23 heavy (non-hydrogen) atoms. The van der Waals surface area contributed by atoms with E-state index in [1.807, 2.05) is 31.2 Å². The largest absolute Gasteiger partial charge is 0.481 e. The molecular formula is C16H18N4O3. The predicted molar refractivity (Wildman–Crippen MR) is 82.4 cm³/mol. The second kappa shape index (κ2) is 5.49. The minimum atomic E-state index is -0.887. The Hall–Kier alpha value is -2.70. The quantitative estimate of drug-likeness (QED) is 0.928. The van der Waals surface area contributed by atoms with Gasteiger partial charge in [0.15, 0.2) is 5.69 Å². The summed E-state index contributed by atoms with van der Waals surface area (Å²) < 4.78 is 1.55. The number of carbonyl (C=O) groups is 2. The normalized spacial score (nSPS) is 20.7. The Balaban J connectivity index is 1.79. The Kier molecular flexibility index (Phi) is 3.63. The summed E-state index contributed by atoms with van der Waals surface area (Å²) in [5.41, 5.74) is 1.25. The van der Waals surface area contributed by atoms with Crippen LogP contribution in [0.25, 0.3) is 5.69 Å². The van der Waals surface area contributed by atoms with Crippen molar-refractivity contribution in [1.29, 1.82) is 0 Å². The van der Waals surface area contributed by atoms with E-state index in [-0.39, 0.29) is 18.1 Å². The average molecular weight is 314 g/mol. The standard InChI is InChI=1S/C16H18N4O3/c1-11-4-3-5-12(8-11)20-9-13(17-18-20)14(21)19-7-6-16(2,10-19)15(22)23/h3-5,8-9H,6-7,10H2,1-2H3,(H,22,23)/t16-/m1/s1. The lowest BCUT2D eigenvalue weighted by Crippen LogP contribution is -2.35. The highest BCUT2D eigenvalue weighted by atomic mass is 16.4. The maximum absolute atomic E-state index is 12.5. The van der Waals surface area contributed by atoms with Gasteiger partial charge in [-0.1, -0.05) is 17.3 Å². The van der Waals surface area contributed by atoms with E-state index in [2.05, 4.69) is 10.3 Å². The third-order valence-corrected chi connectivity index (χ3v) is 4.26. The number of carbonyl (C=O) groups excluding carboxylic acids is 1. The number of aliphatic carboxylic acids is 1. The van der Waals surface area contributed by atoms with Gasteiger partial charge in [-0.05, 0) is 38.0 Å². The summed E-state index contributed by atoms with van der Waals surface area (Å²) in [5.74, 6) is -1.16. The lowest BCUT2D eigenvalue weighted by molar-refractivity contribution is -0.147. The van der Waals surface area contributed by atoms with E-state index in [0.717, 1.165) is 11.3 Å². The van der Waals surface area contributed by atoms with Gasteiger partial charge in [-0.15, -0.1) is 5.10 Å². The number of aromatic nitrogens is 3. The molecule has 2 heterocycles. The number of benzene rings is 1. The van der Waals surface area contributed by atoms with E-state index in [1.165, 1.54) is 4.90 Å². The van der Waals surface area contributed by atoms with Crippen LogP contribution in [0.4, 0.5) is 0 Å². The first-order chi connectivity index (χ1) is 10.9. The van der Waals surface area contributed by atoms with Gasteiger partial charge in [0.25, 0.3) is 5.91 Å². The van der Waals surface area contributed by atoms with E-state index < -0.39 is 11.4 Å². The lowest BCUT2D eigenvalue weighted by Gasteiger charge is -2.19. The molecule has 1 saturated heterocycles. The van der Waals surface area contributed by atoms with E-state index >= 15 is 0 Å². The van der Waals surface area contributed by atoms with Crippen LogP contribution in [0.2, 0.25) is 0 Å². The fourth-order valence-electron chi connectivity index (χ4n) is 2.73. The lowest BCUT2D eigenvalue weighted by atomic mass is 9.90. The molecule has 120 valence electrons. The molecule has 1 aliphatic rings. The molecule has 7 heteroatoms. The Morgan fingerprint density at radius 1 is 1.35 bits per heavy atom. The van der Waals surface area contributed by atoms with E-state index in [9.17, 15) is 14.7 Å². The van der Waals surface area contributed by atoms with Crippen molar-refractivity contribution < 1.29 is 14.7 Å². The molecule has 0 aliphatic carbocycles. The third-order valence-electron chi connectivity index (χ3n) is 4.26. The summed E-state index contributed by atoms with van der Waals surface area (Å²) >= 11 is 0. The number of carboxylic acid groups (broad SMARTS) is 1. The number of nitrogens with zero attached hydrogens (tertiary/aromatic N) is 4. The summed E-state index contributed by atoms with van der Waals surface area (Å²) in [6.45, 7) is 4.24. The number of amides is 1. The number of likely N-dealkylation sites (tertiary alicyclic amines) is 1. The fraction of sp³-hybridized carbons (Fsp3) is 0.375. The van der Waals surface area contributed by atoms with E-state index in [1.54, 1.807) is 17.8 Å². The van der Waals surface area contributed by atoms with Crippen molar-refractivity contribution >= 4 is 11.9 Å². The number of carboxylic acids is 1. The third kappa shape index (κ3) is 2.81. The highest BCUT2D eigenvalue weighted by Gasteiger charge is 2.42. The summed E-state index contributed by atoms with van der Waals surface area (Å²) in [7, 11) is 0. The van der Waals surface area contributed by atoms with Crippen LogP contribution in [0.1, 0.15) is 29.4 Å². The Morgan fingerprint density at radius 3 is 2.78 bits per heavy atom. The molecule has 1 amide bonds. The van der Waals surface area contributed by atoms with Gasteiger partial charge in [-0.25, -0.2) is 4.68 Å². The van der Waals surface area contributed by atoms with Gasteiger partial charge in [-0.2, -0.15) is 0 Å². The highest BCUT2D eigenvalue weighted by Crippen LogP contribution is 2.30. The highest BCUT2D eigenvalue weighted by molar-refractivity contribution is 5.93. The first kappa shape index (κ1) is 15.2. The summed E-state index contributed by atoms with van der Waals surface area (Å²) in [6.07, 6.45) is 2.02. The van der Waals surface area contributed by atoms with Crippen molar-refractivity contribution in [1.82, 2.24) is 19.9 Å². The summed E-state index contributed by atoms with van der Waals surface area (Å²) in [5, 5.41) is 17.2. The molecule has 1 aliphatic heterocycles. The molecule has 1 atom stereocenters. The van der Waals surface area contributed by atoms with E-state index in [4.69, 9.17) is 0 Å². The molecule has 1 fully saturated rings. The van der Waals surface area contributed by atoms with Gasteiger partial charge in [-0.3, -0.25) is 9.59 Å². The number of rotatable bonds is 3. The van der Waals surface area contributed by atoms with Crippen molar-refractivity contribution in [2.45, 2.75) is 20.3 Å². The Labute approximate surface area is 133 Å². The first-order valence-electron chi connectivity index (χ1n) is 7.41. The van der Waals surface area contributed by atoms with Crippen LogP contribution < -0.4 is 0 Å². The number of hydrogen-bond donors (Lipinski definition) is 1. The molecule has 0 spiro atoms. The van der Waals surface area contributed by atoms with Gasteiger partial charge in [0.05, 0.1) is 17.3 Å². The Morgan fingerprint density at radius 2 is 2.13 bits per heavy atom. The van der Waals surface area contributed by atoms with Crippen LogP contribution in [0.5, 0.6) is 0 Å². The zero-order valence-electron chi connectivity index (χ0n) is 13.1. The van der Waals surface area contributed by atoms with Gasteiger partial charge in [0.1, 0.15) is 0 Å². The molecule has 1 aromatic heterocycles. The van der Waals surface area contributed by atoms with Crippen LogP contribution in [-0.2, 0) is 4.79 Å². The molecule has 1 aromatic carbocycles. The fourth-order valence-corrected chi connectivity index (χ4v) is 2.73. The number of hydrogen-bond acceptors (Lipinski definition) is 4. The maximum atomic E-state index is 12.5. The van der Waals surface area contributed by atoms with E-state index in [0.29, 0.717) is 13.0 Å². The minimum Gasteiger partial charge on any atom is -0.481 e. The molecule has 7 nitrogen and oxygen atoms in total. The van der Waals surface area contributed by atoms with Gasteiger partial charge in [0, 0.05) is 13.1 Å². The van der Waals surface area contributed by atoms with Crippen molar-refractivity contribution in [3.05, 3.63) is 41.7 Å². The average Bonchev–Trinajstić information content (AvgIpc) is 3.14. The molecule has 1 N–H and O–H groups in total. The van der Waals surface area contributed by atoms with Crippen molar-refractivity contribution in [2.75, 3.05) is 13.1 Å². The molecule has 3 rings (SSSR count). The number of aryl methyl sites for hydroxylation is 1. The summed E-state index contributed by atoms with van der Waals surface area (Å²) in [4.78, 5) is 25.3. The maximum Gasteiger partial charge on any atom is 0.311 e. The zero-order valence-corrected chi connectivity index (χ0v) is 13.1. The molecule has 0 radical (unpaired) electrons. The second-order valence-corrected chi connectivity index (χ2v) is 6.23. The molecule has 0 bridgehead atoms. The molecule has 2 aromatic rings. The zero-order chi connectivity index (χ0) is 16.6. The van der Waals surface area contributed by atoms with Crippen LogP contribution in [0, 0.1) is 12.3 Å². The topological polar surface area (TPSA) is 88.3 Å². The van der Waals surface area contributed by atoms with Crippen LogP contribution in [0.15, 0.2) is 30.5 Å². The van der Waals surface area contributed by atoms with Crippen LogP contribution in [-0.4, -0.2) is 50.0 Å². The molecule has 0 unspecified atom stereocenters. The van der Waals surface area contributed by atoms with Crippen LogP contribution in [0.3, 0.4) is 0 Å². The van der Waals surface area contributed by atoms with Gasteiger partial charge < -0.3 is 10.0 Å². The predicted octanol–water partition coefficient (Wildman–Crippen LogP) is 1.51. The SMILES string of the molecule is Cc1cccc(-n2cc(C(=O)N3CC[C@@](C)(C(=O)O)C3)nn2)c1.